The van der Waals surface area contributed by atoms with Crippen molar-refractivity contribution in [3.8, 4) is 0 Å². The highest BCUT2D eigenvalue weighted by Crippen LogP contribution is 2.27. The van der Waals surface area contributed by atoms with E-state index in [2.05, 4.69) is 0 Å². The summed E-state index contributed by atoms with van der Waals surface area (Å²) in [5, 5.41) is 9.46. The maximum absolute atomic E-state index is 11.2. The molecule has 2 nitrogen and oxygen atoms in total. The highest BCUT2D eigenvalue weighted by molar-refractivity contribution is 5.89. The van der Waals surface area contributed by atoms with E-state index in [0.29, 0.717) is 6.42 Å². The van der Waals surface area contributed by atoms with E-state index in [-0.39, 0.29) is 11.7 Å². The van der Waals surface area contributed by atoms with Gasteiger partial charge in [-0.25, -0.2) is 0 Å². The molecule has 0 spiro atoms. The molecule has 1 fully saturated rings. The van der Waals surface area contributed by atoms with Crippen molar-refractivity contribution in [2.45, 2.75) is 38.7 Å². The van der Waals surface area contributed by atoms with Crippen molar-refractivity contribution in [3.05, 3.63) is 0 Å². The first-order chi connectivity index (χ1) is 4.54. The third-order valence-electron chi connectivity index (χ3n) is 2.28. The predicted octanol–water partition coefficient (Wildman–Crippen LogP) is 1.13. The zero-order valence-electron chi connectivity index (χ0n) is 6.55. The van der Waals surface area contributed by atoms with Gasteiger partial charge in [0.25, 0.3) is 0 Å². The second kappa shape index (κ2) is 2.35. The normalized spacial score (nSPS) is 41.9. The quantitative estimate of drug-likeness (QED) is 0.550. The Balaban J connectivity index is 2.70. The topological polar surface area (TPSA) is 37.3 Å². The van der Waals surface area contributed by atoms with Crippen molar-refractivity contribution in [3.63, 3.8) is 0 Å². The summed E-state index contributed by atoms with van der Waals surface area (Å²) >= 11 is 0. The van der Waals surface area contributed by atoms with Crippen LogP contribution in [0.3, 0.4) is 0 Å². The Kier molecular flexibility index (Phi) is 1.82. The standard InChI is InChI=1S/C8H14O2/c1-6-4-3-5-8(2,10)7(6)9/h6,10H,3-5H2,1-2H3. The molecule has 0 aromatic rings. The molecular weight excluding hydrogens is 128 g/mol. The molecule has 1 aliphatic carbocycles. The van der Waals surface area contributed by atoms with Gasteiger partial charge in [0, 0.05) is 5.92 Å². The maximum Gasteiger partial charge on any atom is 0.166 e. The number of Topliss-reactive ketones (excluding diaryl/α,β-unsaturated/α-hetero) is 1. The summed E-state index contributed by atoms with van der Waals surface area (Å²) in [6, 6.07) is 0. The molecule has 1 aliphatic rings. The van der Waals surface area contributed by atoms with Gasteiger partial charge in [0.1, 0.15) is 5.60 Å². The van der Waals surface area contributed by atoms with Gasteiger partial charge in [-0.15, -0.1) is 0 Å². The second-order valence-corrected chi connectivity index (χ2v) is 3.43. The van der Waals surface area contributed by atoms with Crippen LogP contribution < -0.4 is 0 Å². The first-order valence-electron chi connectivity index (χ1n) is 3.81. The molecule has 10 heavy (non-hydrogen) atoms. The molecule has 0 radical (unpaired) electrons. The molecule has 2 atom stereocenters. The van der Waals surface area contributed by atoms with Crippen LogP contribution >= 0.6 is 0 Å². The van der Waals surface area contributed by atoms with Gasteiger partial charge in [0.2, 0.25) is 0 Å². The molecule has 1 saturated carbocycles. The van der Waals surface area contributed by atoms with Gasteiger partial charge >= 0.3 is 0 Å². The van der Waals surface area contributed by atoms with Crippen LogP contribution in [0, 0.1) is 5.92 Å². The summed E-state index contributed by atoms with van der Waals surface area (Å²) in [7, 11) is 0. The van der Waals surface area contributed by atoms with E-state index in [1.807, 2.05) is 6.92 Å². The first kappa shape index (κ1) is 7.73. The van der Waals surface area contributed by atoms with Crippen molar-refractivity contribution in [2.24, 2.45) is 5.92 Å². The summed E-state index contributed by atoms with van der Waals surface area (Å²) in [5.74, 6) is 0.0718. The molecular formula is C8H14O2. The largest absolute Gasteiger partial charge is 0.382 e. The van der Waals surface area contributed by atoms with E-state index in [0.717, 1.165) is 12.8 Å². The fraction of sp³-hybridized carbons (Fsp3) is 0.875. The third-order valence-corrected chi connectivity index (χ3v) is 2.28. The fourth-order valence-corrected chi connectivity index (χ4v) is 1.54. The van der Waals surface area contributed by atoms with Gasteiger partial charge in [0.15, 0.2) is 5.78 Å². The van der Waals surface area contributed by atoms with Crippen LogP contribution in [-0.2, 0) is 4.79 Å². The van der Waals surface area contributed by atoms with Crippen LogP contribution in [0.4, 0.5) is 0 Å². The number of ketones is 1. The summed E-state index contributed by atoms with van der Waals surface area (Å²) < 4.78 is 0. The highest BCUT2D eigenvalue weighted by Gasteiger charge is 2.36. The van der Waals surface area contributed by atoms with Crippen LogP contribution in [0.25, 0.3) is 0 Å². The molecule has 1 rings (SSSR count). The van der Waals surface area contributed by atoms with Crippen molar-refractivity contribution >= 4 is 5.78 Å². The average molecular weight is 142 g/mol. The Morgan fingerprint density at radius 3 is 2.70 bits per heavy atom. The monoisotopic (exact) mass is 142 g/mol. The lowest BCUT2D eigenvalue weighted by Gasteiger charge is -2.30. The van der Waals surface area contributed by atoms with E-state index in [1.165, 1.54) is 0 Å². The molecule has 2 unspecified atom stereocenters. The van der Waals surface area contributed by atoms with Crippen molar-refractivity contribution < 1.29 is 9.90 Å². The summed E-state index contributed by atoms with van der Waals surface area (Å²) in [6.07, 6.45) is 2.55. The molecule has 0 aromatic heterocycles. The Labute approximate surface area is 61.2 Å². The zero-order chi connectivity index (χ0) is 7.78. The molecule has 0 heterocycles. The number of hydrogen-bond acceptors (Lipinski definition) is 2. The number of aliphatic hydroxyl groups is 1. The van der Waals surface area contributed by atoms with E-state index in [1.54, 1.807) is 6.92 Å². The van der Waals surface area contributed by atoms with Crippen molar-refractivity contribution in [1.29, 1.82) is 0 Å². The minimum atomic E-state index is -1.03. The van der Waals surface area contributed by atoms with Crippen LogP contribution in [0.1, 0.15) is 33.1 Å². The first-order valence-corrected chi connectivity index (χ1v) is 3.81. The lowest BCUT2D eigenvalue weighted by Crippen LogP contribution is -2.42. The van der Waals surface area contributed by atoms with Gasteiger partial charge in [-0.3, -0.25) is 4.79 Å². The zero-order valence-corrected chi connectivity index (χ0v) is 6.55. The van der Waals surface area contributed by atoms with Crippen LogP contribution in [0.15, 0.2) is 0 Å². The van der Waals surface area contributed by atoms with E-state index in [9.17, 15) is 9.90 Å². The predicted molar refractivity (Wildman–Crippen MR) is 38.6 cm³/mol. The minimum Gasteiger partial charge on any atom is -0.382 e. The molecule has 58 valence electrons. The van der Waals surface area contributed by atoms with E-state index in [4.69, 9.17) is 0 Å². The maximum atomic E-state index is 11.2. The fourth-order valence-electron chi connectivity index (χ4n) is 1.54. The molecule has 0 aliphatic heterocycles. The summed E-state index contributed by atoms with van der Waals surface area (Å²) in [5.41, 5.74) is -1.03. The van der Waals surface area contributed by atoms with E-state index >= 15 is 0 Å². The van der Waals surface area contributed by atoms with Crippen LogP contribution in [-0.4, -0.2) is 16.5 Å². The Bertz CT molecular complexity index is 149. The lowest BCUT2D eigenvalue weighted by molar-refractivity contribution is -0.143. The van der Waals surface area contributed by atoms with Crippen molar-refractivity contribution in [2.75, 3.05) is 0 Å². The summed E-state index contributed by atoms with van der Waals surface area (Å²) in [6.45, 7) is 3.50. The molecule has 1 N–H and O–H groups in total. The Hall–Kier alpha value is -0.370. The van der Waals surface area contributed by atoms with E-state index < -0.39 is 5.60 Å². The van der Waals surface area contributed by atoms with Gasteiger partial charge < -0.3 is 5.11 Å². The second-order valence-electron chi connectivity index (χ2n) is 3.43. The molecule has 0 bridgehead atoms. The lowest BCUT2D eigenvalue weighted by atomic mass is 9.79. The average Bonchev–Trinajstić information content (AvgIpc) is 1.83. The molecule has 0 amide bonds. The van der Waals surface area contributed by atoms with Crippen LogP contribution in [0.2, 0.25) is 0 Å². The number of carbonyl (C=O) groups excluding carboxylic acids is 1. The van der Waals surface area contributed by atoms with Gasteiger partial charge in [-0.1, -0.05) is 6.92 Å². The Morgan fingerprint density at radius 2 is 2.30 bits per heavy atom. The SMILES string of the molecule is CC1CCCC(C)(O)C1=O. The minimum absolute atomic E-state index is 0.0127. The molecule has 2 heteroatoms. The number of carbonyl (C=O) groups is 1. The summed E-state index contributed by atoms with van der Waals surface area (Å²) in [4.78, 5) is 11.2. The number of rotatable bonds is 0. The van der Waals surface area contributed by atoms with Crippen molar-refractivity contribution in [1.82, 2.24) is 0 Å². The van der Waals surface area contributed by atoms with Gasteiger partial charge in [-0.2, -0.15) is 0 Å². The smallest absolute Gasteiger partial charge is 0.166 e. The highest BCUT2D eigenvalue weighted by atomic mass is 16.3. The number of hydrogen-bond donors (Lipinski definition) is 1. The molecule has 0 saturated heterocycles. The van der Waals surface area contributed by atoms with Gasteiger partial charge in [0.05, 0.1) is 0 Å². The molecule has 0 aromatic carbocycles. The van der Waals surface area contributed by atoms with Gasteiger partial charge in [-0.05, 0) is 26.2 Å². The Morgan fingerprint density at radius 1 is 1.70 bits per heavy atom. The third kappa shape index (κ3) is 1.21. The van der Waals surface area contributed by atoms with Crippen LogP contribution in [0.5, 0.6) is 0 Å².